The van der Waals surface area contributed by atoms with Crippen LogP contribution in [0.1, 0.15) is 36.0 Å². The highest BCUT2D eigenvalue weighted by Gasteiger charge is 2.28. The first-order valence-electron chi connectivity index (χ1n) is 7.07. The van der Waals surface area contributed by atoms with Crippen LogP contribution in [0.2, 0.25) is 0 Å². The lowest BCUT2D eigenvalue weighted by molar-refractivity contribution is 0.0958. The number of carbonyl (C=O) groups is 1. The van der Waals surface area contributed by atoms with Crippen LogP contribution >= 0.6 is 0 Å². The molecule has 0 aliphatic heterocycles. The summed E-state index contributed by atoms with van der Waals surface area (Å²) in [5, 5.41) is 12.8. The number of nitrogens with one attached hydrogen (secondary N) is 1. The summed E-state index contributed by atoms with van der Waals surface area (Å²) in [6.07, 6.45) is 3.55. The van der Waals surface area contributed by atoms with E-state index in [0.29, 0.717) is 11.3 Å². The van der Waals surface area contributed by atoms with Gasteiger partial charge in [0.15, 0.2) is 0 Å². The molecule has 1 fully saturated rings. The normalized spacial score (nSPS) is 22.4. The molecule has 1 aromatic rings. The van der Waals surface area contributed by atoms with E-state index in [-0.39, 0.29) is 18.1 Å². The summed E-state index contributed by atoms with van der Waals surface area (Å²) in [6.45, 7) is 0. The number of likely N-dealkylation sites (N-methyl/N-ethyl adjacent to an activating group) is 1. The summed E-state index contributed by atoms with van der Waals surface area (Å²) in [6, 6.07) is 5.29. The van der Waals surface area contributed by atoms with Crippen molar-refractivity contribution in [2.24, 2.45) is 0 Å². The van der Waals surface area contributed by atoms with E-state index in [4.69, 9.17) is 5.73 Å². The topological polar surface area (TPSA) is 78.6 Å². The van der Waals surface area contributed by atoms with Crippen molar-refractivity contribution in [3.8, 4) is 0 Å². The van der Waals surface area contributed by atoms with Crippen LogP contribution in [0.4, 0.5) is 11.4 Å². The van der Waals surface area contributed by atoms with Crippen LogP contribution in [0.25, 0.3) is 0 Å². The first kappa shape index (κ1) is 14.7. The summed E-state index contributed by atoms with van der Waals surface area (Å²) in [5.41, 5.74) is 7.82. The molecule has 0 bridgehead atoms. The summed E-state index contributed by atoms with van der Waals surface area (Å²) in [4.78, 5) is 14.0. The molecule has 1 aromatic carbocycles. The standard InChI is InChI=1S/C15H23N3O2/c1-17-15(20)11-8-7-10(16)9-13(11)18(2)12-5-3-4-6-14(12)19/h7-9,12,14,19H,3-6,16H2,1-2H3,(H,17,20). The molecule has 0 aromatic heterocycles. The highest BCUT2D eigenvalue weighted by atomic mass is 16.3. The highest BCUT2D eigenvalue weighted by molar-refractivity contribution is 6.00. The minimum atomic E-state index is -0.354. The van der Waals surface area contributed by atoms with E-state index in [2.05, 4.69) is 5.32 Å². The Morgan fingerprint density at radius 2 is 2.10 bits per heavy atom. The zero-order valence-electron chi connectivity index (χ0n) is 12.1. The largest absolute Gasteiger partial charge is 0.399 e. The molecule has 0 heterocycles. The van der Waals surface area contributed by atoms with Gasteiger partial charge in [-0.15, -0.1) is 0 Å². The first-order valence-corrected chi connectivity index (χ1v) is 7.07. The van der Waals surface area contributed by atoms with Gasteiger partial charge in [-0.1, -0.05) is 12.8 Å². The molecular formula is C15H23N3O2. The molecule has 0 saturated heterocycles. The molecule has 5 heteroatoms. The van der Waals surface area contributed by atoms with Crippen LogP contribution in [-0.2, 0) is 0 Å². The Hall–Kier alpha value is -1.75. The minimum absolute atomic E-state index is 0.0361. The second kappa shape index (κ2) is 6.13. The van der Waals surface area contributed by atoms with Crippen molar-refractivity contribution >= 4 is 17.3 Å². The maximum Gasteiger partial charge on any atom is 0.253 e. The number of hydrogen-bond donors (Lipinski definition) is 3. The molecule has 0 radical (unpaired) electrons. The molecule has 2 rings (SSSR count). The molecule has 20 heavy (non-hydrogen) atoms. The molecule has 4 N–H and O–H groups in total. The summed E-state index contributed by atoms with van der Waals surface area (Å²) in [5.74, 6) is -0.142. The van der Waals surface area contributed by atoms with E-state index in [1.165, 1.54) is 0 Å². The van der Waals surface area contributed by atoms with E-state index in [0.717, 1.165) is 31.4 Å². The molecule has 2 atom stereocenters. The maximum atomic E-state index is 12.0. The van der Waals surface area contributed by atoms with Crippen LogP contribution in [0, 0.1) is 0 Å². The number of aliphatic hydroxyl groups is 1. The van der Waals surface area contributed by atoms with Crippen LogP contribution in [0.5, 0.6) is 0 Å². The molecule has 110 valence electrons. The van der Waals surface area contributed by atoms with Crippen molar-refractivity contribution in [2.75, 3.05) is 24.7 Å². The third kappa shape index (κ3) is 2.88. The van der Waals surface area contributed by atoms with Crippen molar-refractivity contribution in [3.63, 3.8) is 0 Å². The van der Waals surface area contributed by atoms with E-state index < -0.39 is 0 Å². The SMILES string of the molecule is CNC(=O)c1ccc(N)cc1N(C)C1CCCCC1O. The highest BCUT2D eigenvalue weighted by Crippen LogP contribution is 2.30. The number of nitrogen functional groups attached to an aromatic ring is 1. The number of hydrogen-bond acceptors (Lipinski definition) is 4. The van der Waals surface area contributed by atoms with Gasteiger partial charge in [0.25, 0.3) is 5.91 Å². The van der Waals surface area contributed by atoms with Crippen molar-refractivity contribution in [1.82, 2.24) is 5.32 Å². The monoisotopic (exact) mass is 277 g/mol. The van der Waals surface area contributed by atoms with Crippen LogP contribution in [-0.4, -0.2) is 37.3 Å². The number of benzene rings is 1. The number of carbonyl (C=O) groups excluding carboxylic acids is 1. The fourth-order valence-corrected chi connectivity index (χ4v) is 2.89. The van der Waals surface area contributed by atoms with E-state index in [1.54, 1.807) is 25.2 Å². The van der Waals surface area contributed by atoms with Crippen molar-refractivity contribution in [3.05, 3.63) is 23.8 Å². The molecule has 1 aliphatic carbocycles. The third-order valence-electron chi connectivity index (χ3n) is 4.06. The minimum Gasteiger partial charge on any atom is -0.399 e. The second-order valence-corrected chi connectivity index (χ2v) is 5.39. The molecule has 2 unspecified atom stereocenters. The van der Waals surface area contributed by atoms with Crippen molar-refractivity contribution in [2.45, 2.75) is 37.8 Å². The number of amides is 1. The molecule has 5 nitrogen and oxygen atoms in total. The quantitative estimate of drug-likeness (QED) is 0.729. The van der Waals surface area contributed by atoms with Crippen molar-refractivity contribution < 1.29 is 9.90 Å². The summed E-state index contributed by atoms with van der Waals surface area (Å²) >= 11 is 0. The number of rotatable bonds is 3. The smallest absolute Gasteiger partial charge is 0.253 e. The Morgan fingerprint density at radius 1 is 1.40 bits per heavy atom. The van der Waals surface area contributed by atoms with Gasteiger partial charge >= 0.3 is 0 Å². The van der Waals surface area contributed by atoms with E-state index >= 15 is 0 Å². The van der Waals surface area contributed by atoms with E-state index in [9.17, 15) is 9.90 Å². The zero-order valence-corrected chi connectivity index (χ0v) is 12.1. The average Bonchev–Trinajstić information content (AvgIpc) is 2.46. The van der Waals surface area contributed by atoms with Crippen LogP contribution < -0.4 is 16.0 Å². The number of aliphatic hydroxyl groups excluding tert-OH is 1. The second-order valence-electron chi connectivity index (χ2n) is 5.39. The number of nitrogens with two attached hydrogens (primary N) is 1. The third-order valence-corrected chi connectivity index (χ3v) is 4.06. The van der Waals surface area contributed by atoms with Gasteiger partial charge in [-0.2, -0.15) is 0 Å². The zero-order chi connectivity index (χ0) is 14.7. The maximum absolute atomic E-state index is 12.0. The van der Waals surface area contributed by atoms with Gasteiger partial charge in [0, 0.05) is 19.8 Å². The lowest BCUT2D eigenvalue weighted by atomic mass is 9.91. The van der Waals surface area contributed by atoms with Crippen LogP contribution in [0.15, 0.2) is 18.2 Å². The summed E-state index contributed by atoms with van der Waals surface area (Å²) < 4.78 is 0. The van der Waals surface area contributed by atoms with E-state index in [1.807, 2.05) is 11.9 Å². The first-order chi connectivity index (χ1) is 9.54. The molecule has 0 spiro atoms. The van der Waals surface area contributed by atoms with Gasteiger partial charge in [0.2, 0.25) is 0 Å². The Bertz CT molecular complexity index is 490. The van der Waals surface area contributed by atoms with Gasteiger partial charge in [0.05, 0.1) is 23.4 Å². The molecular weight excluding hydrogens is 254 g/mol. The van der Waals surface area contributed by atoms with Crippen molar-refractivity contribution in [1.29, 1.82) is 0 Å². The number of anilines is 2. The Labute approximate surface area is 119 Å². The molecule has 1 saturated carbocycles. The predicted octanol–water partition coefficient (Wildman–Crippen LogP) is 1.37. The van der Waals surface area contributed by atoms with Gasteiger partial charge in [0.1, 0.15) is 0 Å². The van der Waals surface area contributed by atoms with Gasteiger partial charge in [-0.05, 0) is 31.0 Å². The fourth-order valence-electron chi connectivity index (χ4n) is 2.89. The Morgan fingerprint density at radius 3 is 2.75 bits per heavy atom. The van der Waals surface area contributed by atoms with Gasteiger partial charge in [-0.25, -0.2) is 0 Å². The lowest BCUT2D eigenvalue weighted by Gasteiger charge is -2.37. The van der Waals surface area contributed by atoms with Crippen LogP contribution in [0.3, 0.4) is 0 Å². The Kier molecular flexibility index (Phi) is 4.49. The summed E-state index contributed by atoms with van der Waals surface area (Å²) in [7, 11) is 3.53. The Balaban J connectivity index is 2.34. The molecule has 1 amide bonds. The number of nitrogens with zero attached hydrogens (tertiary/aromatic N) is 1. The van der Waals surface area contributed by atoms with Gasteiger partial charge in [-0.3, -0.25) is 4.79 Å². The predicted molar refractivity (Wildman–Crippen MR) is 80.9 cm³/mol. The average molecular weight is 277 g/mol. The molecule has 1 aliphatic rings. The lowest BCUT2D eigenvalue weighted by Crippen LogP contribution is -2.44. The van der Waals surface area contributed by atoms with Gasteiger partial charge < -0.3 is 21.1 Å². The fraction of sp³-hybridized carbons (Fsp3) is 0.533.